The quantitative estimate of drug-likeness (QED) is 0.825. The molecule has 0 aliphatic carbocycles. The molecule has 0 aromatic heterocycles. The Labute approximate surface area is 119 Å². The number of amidine groups is 1. The van der Waals surface area contributed by atoms with Crippen LogP contribution in [0.4, 0.5) is 10.1 Å². The average molecular weight is 295 g/mol. The average Bonchev–Trinajstić information content (AvgIpc) is 2.67. The first kappa shape index (κ1) is 12.5. The summed E-state index contributed by atoms with van der Waals surface area (Å²) < 4.78 is 13.3. The fourth-order valence-corrected chi connectivity index (χ4v) is 2.84. The van der Waals surface area contributed by atoms with Crippen LogP contribution in [0.25, 0.3) is 0 Å². The van der Waals surface area contributed by atoms with Crippen LogP contribution in [0.1, 0.15) is 11.1 Å². The van der Waals surface area contributed by atoms with Gasteiger partial charge < -0.3 is 4.90 Å². The topological polar surface area (TPSA) is 27.1 Å². The van der Waals surface area contributed by atoms with Crippen molar-refractivity contribution in [3.63, 3.8) is 0 Å². The molecule has 0 radical (unpaired) electrons. The van der Waals surface area contributed by atoms with E-state index < -0.39 is 0 Å². The van der Waals surface area contributed by atoms with Crippen LogP contribution in [0.2, 0.25) is 10.0 Å². The third-order valence-corrected chi connectivity index (χ3v) is 3.74. The molecule has 0 amide bonds. The third kappa shape index (κ3) is 1.99. The second kappa shape index (κ2) is 4.51. The molecular formula is C14H9Cl2FN2. The van der Waals surface area contributed by atoms with Gasteiger partial charge in [0.1, 0.15) is 11.7 Å². The Balaban J connectivity index is 2.09. The van der Waals surface area contributed by atoms with Gasteiger partial charge in [-0.25, -0.2) is 4.39 Å². The van der Waals surface area contributed by atoms with Crippen LogP contribution in [0.3, 0.4) is 0 Å². The molecule has 0 fully saturated rings. The maximum absolute atomic E-state index is 13.3. The van der Waals surface area contributed by atoms with Crippen molar-refractivity contribution >= 4 is 34.7 Å². The monoisotopic (exact) mass is 294 g/mol. The Kier molecular flexibility index (Phi) is 2.96. The number of anilines is 1. The van der Waals surface area contributed by atoms with Crippen molar-refractivity contribution in [3.05, 3.63) is 63.4 Å². The van der Waals surface area contributed by atoms with E-state index in [1.165, 1.54) is 12.1 Å². The van der Waals surface area contributed by atoms with Crippen molar-refractivity contribution in [1.29, 1.82) is 5.41 Å². The summed E-state index contributed by atoms with van der Waals surface area (Å²) in [7, 11) is 0. The van der Waals surface area contributed by atoms with E-state index in [0.717, 1.165) is 5.56 Å². The van der Waals surface area contributed by atoms with Gasteiger partial charge in [0.25, 0.3) is 0 Å². The summed E-state index contributed by atoms with van der Waals surface area (Å²) in [5.41, 5.74) is 2.06. The minimum absolute atomic E-state index is 0.213. The zero-order chi connectivity index (χ0) is 13.6. The number of nitrogens with zero attached hydrogens (tertiary/aromatic N) is 1. The lowest BCUT2D eigenvalue weighted by molar-refractivity contribution is 0.627. The summed E-state index contributed by atoms with van der Waals surface area (Å²) in [5.74, 6) is -0.139. The van der Waals surface area contributed by atoms with E-state index in [4.69, 9.17) is 28.6 Å². The minimum atomic E-state index is -0.351. The molecule has 3 rings (SSSR count). The Morgan fingerprint density at radius 3 is 2.47 bits per heavy atom. The molecule has 19 heavy (non-hydrogen) atoms. The maximum atomic E-state index is 13.3. The standard InChI is InChI=1S/C14H9Cl2FN2/c15-11-2-1-3-12(16)13(11)19-7-8-4-5-9(17)6-10(8)14(19)18/h1-6,18H,7H2. The SMILES string of the molecule is N=C1c2cc(F)ccc2CN1c1c(Cl)cccc1Cl. The van der Waals surface area contributed by atoms with Crippen molar-refractivity contribution in [1.82, 2.24) is 0 Å². The first-order chi connectivity index (χ1) is 9.08. The van der Waals surface area contributed by atoms with E-state index in [9.17, 15) is 4.39 Å². The summed E-state index contributed by atoms with van der Waals surface area (Å²) >= 11 is 12.3. The highest BCUT2D eigenvalue weighted by atomic mass is 35.5. The molecule has 0 atom stereocenters. The molecule has 1 aliphatic rings. The number of para-hydroxylation sites is 1. The van der Waals surface area contributed by atoms with Gasteiger partial charge in [0.15, 0.2) is 0 Å². The minimum Gasteiger partial charge on any atom is -0.319 e. The molecule has 0 saturated carbocycles. The molecule has 2 aromatic rings. The van der Waals surface area contributed by atoms with Crippen molar-refractivity contribution in [3.8, 4) is 0 Å². The van der Waals surface area contributed by atoms with Crippen LogP contribution in [0.5, 0.6) is 0 Å². The molecule has 5 heteroatoms. The largest absolute Gasteiger partial charge is 0.319 e. The number of halogens is 3. The van der Waals surface area contributed by atoms with Crippen LogP contribution in [-0.2, 0) is 6.54 Å². The summed E-state index contributed by atoms with van der Waals surface area (Å²) in [6.45, 7) is 0.470. The van der Waals surface area contributed by atoms with Gasteiger partial charge in [-0.2, -0.15) is 0 Å². The van der Waals surface area contributed by atoms with Crippen LogP contribution < -0.4 is 4.90 Å². The molecule has 2 nitrogen and oxygen atoms in total. The summed E-state index contributed by atoms with van der Waals surface area (Å²) in [6, 6.07) is 9.64. The predicted molar refractivity (Wildman–Crippen MR) is 75.9 cm³/mol. The smallest absolute Gasteiger partial charge is 0.133 e. The van der Waals surface area contributed by atoms with E-state index in [-0.39, 0.29) is 11.7 Å². The predicted octanol–water partition coefficient (Wildman–Crippen LogP) is 4.48. The fourth-order valence-electron chi connectivity index (χ4n) is 2.24. The van der Waals surface area contributed by atoms with Crippen LogP contribution in [0, 0.1) is 11.2 Å². The summed E-state index contributed by atoms with van der Waals surface area (Å²) in [4.78, 5) is 1.69. The Morgan fingerprint density at radius 1 is 1.11 bits per heavy atom. The van der Waals surface area contributed by atoms with E-state index in [1.54, 1.807) is 29.2 Å². The van der Waals surface area contributed by atoms with Crippen LogP contribution in [0.15, 0.2) is 36.4 Å². The number of hydrogen-bond acceptors (Lipinski definition) is 1. The van der Waals surface area contributed by atoms with E-state index in [2.05, 4.69) is 0 Å². The van der Waals surface area contributed by atoms with Crippen molar-refractivity contribution in [2.24, 2.45) is 0 Å². The van der Waals surface area contributed by atoms with Gasteiger partial charge >= 0.3 is 0 Å². The normalized spacial score (nSPS) is 13.8. The molecule has 1 aliphatic heterocycles. The van der Waals surface area contributed by atoms with Gasteiger partial charge in [0.05, 0.1) is 22.3 Å². The van der Waals surface area contributed by atoms with Crippen molar-refractivity contribution < 1.29 is 4.39 Å². The molecule has 0 spiro atoms. The summed E-state index contributed by atoms with van der Waals surface area (Å²) in [5, 5.41) is 9.11. The third-order valence-electron chi connectivity index (χ3n) is 3.13. The zero-order valence-corrected chi connectivity index (χ0v) is 11.3. The van der Waals surface area contributed by atoms with Gasteiger partial charge in [0, 0.05) is 5.56 Å². The second-order valence-corrected chi connectivity index (χ2v) is 5.12. The van der Waals surface area contributed by atoms with E-state index >= 15 is 0 Å². The molecule has 96 valence electrons. The Bertz CT molecular complexity index is 665. The maximum Gasteiger partial charge on any atom is 0.133 e. The zero-order valence-electron chi connectivity index (χ0n) is 9.75. The number of hydrogen-bond donors (Lipinski definition) is 1. The van der Waals surface area contributed by atoms with Gasteiger partial charge in [-0.05, 0) is 29.8 Å². The fraction of sp³-hybridized carbons (Fsp3) is 0.0714. The van der Waals surface area contributed by atoms with Gasteiger partial charge in [0.2, 0.25) is 0 Å². The van der Waals surface area contributed by atoms with Crippen LogP contribution in [-0.4, -0.2) is 5.84 Å². The lowest BCUT2D eigenvalue weighted by atomic mass is 10.1. The van der Waals surface area contributed by atoms with Crippen LogP contribution >= 0.6 is 23.2 Å². The Hall–Kier alpha value is -1.58. The lowest BCUT2D eigenvalue weighted by Crippen LogP contribution is -2.23. The molecular weight excluding hydrogens is 286 g/mol. The first-order valence-corrected chi connectivity index (χ1v) is 6.42. The molecule has 0 unspecified atom stereocenters. The van der Waals surface area contributed by atoms with E-state index in [1.807, 2.05) is 0 Å². The second-order valence-electron chi connectivity index (χ2n) is 4.31. The lowest BCUT2D eigenvalue weighted by Gasteiger charge is -2.20. The highest BCUT2D eigenvalue weighted by molar-refractivity contribution is 6.40. The molecule has 0 bridgehead atoms. The molecule has 1 N–H and O–H groups in total. The summed E-state index contributed by atoms with van der Waals surface area (Å²) in [6.07, 6.45) is 0. The Morgan fingerprint density at radius 2 is 1.79 bits per heavy atom. The van der Waals surface area contributed by atoms with Crippen molar-refractivity contribution in [2.75, 3.05) is 4.90 Å². The molecule has 1 heterocycles. The van der Waals surface area contributed by atoms with Crippen molar-refractivity contribution in [2.45, 2.75) is 6.54 Å². The number of rotatable bonds is 1. The highest BCUT2D eigenvalue weighted by Gasteiger charge is 2.28. The van der Waals surface area contributed by atoms with Gasteiger partial charge in [-0.1, -0.05) is 35.3 Å². The molecule has 2 aromatic carbocycles. The van der Waals surface area contributed by atoms with E-state index in [0.29, 0.717) is 27.8 Å². The molecule has 0 saturated heterocycles. The number of fused-ring (bicyclic) bond motifs is 1. The highest BCUT2D eigenvalue weighted by Crippen LogP contribution is 2.38. The first-order valence-electron chi connectivity index (χ1n) is 5.67. The number of nitrogens with one attached hydrogen (secondary N) is 1. The van der Waals surface area contributed by atoms with Gasteiger partial charge in [-0.3, -0.25) is 5.41 Å². The van der Waals surface area contributed by atoms with Gasteiger partial charge in [-0.15, -0.1) is 0 Å². The number of benzene rings is 2.